The molecule has 0 fully saturated rings. The van der Waals surface area contributed by atoms with Crippen molar-refractivity contribution in [2.24, 2.45) is 0 Å². The van der Waals surface area contributed by atoms with E-state index in [1.807, 2.05) is 0 Å². The third kappa shape index (κ3) is 54.0. The van der Waals surface area contributed by atoms with Gasteiger partial charge in [0.25, 0.3) is 0 Å². The van der Waals surface area contributed by atoms with Gasteiger partial charge in [-0.2, -0.15) is 0 Å². The van der Waals surface area contributed by atoms with Crippen LogP contribution in [-0.2, 0) is 23.8 Å². The van der Waals surface area contributed by atoms with Gasteiger partial charge in [-0.25, -0.2) is 0 Å². The first kappa shape index (κ1) is 63.3. The molecule has 0 bridgehead atoms. The molecule has 0 rings (SSSR count). The van der Waals surface area contributed by atoms with Gasteiger partial charge in [0.1, 0.15) is 19.3 Å². The summed E-state index contributed by atoms with van der Waals surface area (Å²) in [7, 11) is 0. The van der Waals surface area contributed by atoms with Crippen LogP contribution in [0.3, 0.4) is 0 Å². The van der Waals surface area contributed by atoms with Crippen molar-refractivity contribution in [3.05, 3.63) is 72.9 Å². The maximum absolute atomic E-state index is 12.6. The number of rotatable bonds is 52. The van der Waals surface area contributed by atoms with E-state index in [4.69, 9.17) is 14.2 Å². The largest absolute Gasteiger partial charge is 0.463 e. The standard InChI is InChI=1S/C61H108O5/c1-4-7-10-13-16-19-22-25-28-31-33-36-39-42-45-48-51-54-60(62)65-57-59(64-56-53-50-47-44-41-38-35-30-27-24-21-18-15-12-9-6-3)58-66-61(63)55-52-49-46-43-40-37-34-32-29-26-23-20-17-14-11-8-5-2/h16,19,25-26,28-29,33-34,36-37,43,46,59H,4-15,17-18,20-24,27,30-32,35,38-42,44-45,47-58H2,1-3H3/b19-16-,28-25-,29-26-,36-33-,37-34-,46-43-/t59-/m1/s1. The molecule has 382 valence electrons. The van der Waals surface area contributed by atoms with Crippen LogP contribution in [0.5, 0.6) is 0 Å². The molecule has 0 heterocycles. The average molecular weight is 922 g/mol. The van der Waals surface area contributed by atoms with Gasteiger partial charge in [0, 0.05) is 19.4 Å². The monoisotopic (exact) mass is 921 g/mol. The third-order valence-electron chi connectivity index (χ3n) is 12.3. The van der Waals surface area contributed by atoms with E-state index in [2.05, 4.69) is 93.7 Å². The number of esters is 2. The van der Waals surface area contributed by atoms with Gasteiger partial charge in [-0.05, 0) is 89.9 Å². The quantitative estimate of drug-likeness (QED) is 0.0346. The van der Waals surface area contributed by atoms with E-state index in [-0.39, 0.29) is 25.2 Å². The Hall–Kier alpha value is -2.66. The van der Waals surface area contributed by atoms with Gasteiger partial charge in [0.05, 0.1) is 0 Å². The lowest BCUT2D eigenvalue weighted by Gasteiger charge is -2.18. The van der Waals surface area contributed by atoms with Gasteiger partial charge in [-0.1, -0.05) is 248 Å². The molecule has 0 aromatic heterocycles. The lowest BCUT2D eigenvalue weighted by Crippen LogP contribution is -2.29. The molecule has 0 aromatic carbocycles. The Morgan fingerprint density at radius 1 is 0.318 bits per heavy atom. The van der Waals surface area contributed by atoms with Crippen molar-refractivity contribution in [2.75, 3.05) is 19.8 Å². The molecule has 0 aliphatic heterocycles. The van der Waals surface area contributed by atoms with Crippen molar-refractivity contribution in [3.8, 4) is 0 Å². The van der Waals surface area contributed by atoms with E-state index in [1.165, 1.54) is 161 Å². The minimum atomic E-state index is -0.431. The van der Waals surface area contributed by atoms with Crippen LogP contribution in [0, 0.1) is 0 Å². The summed E-state index contributed by atoms with van der Waals surface area (Å²) in [5.74, 6) is -0.410. The summed E-state index contributed by atoms with van der Waals surface area (Å²) in [6.07, 6.45) is 73.7. The molecule has 66 heavy (non-hydrogen) atoms. The van der Waals surface area contributed by atoms with E-state index in [1.54, 1.807) is 0 Å². The Balaban J connectivity index is 4.37. The van der Waals surface area contributed by atoms with E-state index >= 15 is 0 Å². The normalized spacial score (nSPS) is 12.7. The summed E-state index contributed by atoms with van der Waals surface area (Å²) in [4.78, 5) is 25.3. The molecular formula is C61H108O5. The van der Waals surface area contributed by atoms with Crippen molar-refractivity contribution >= 4 is 11.9 Å². The Kier molecular flexibility index (Phi) is 54.4. The van der Waals surface area contributed by atoms with E-state index in [0.717, 1.165) is 83.5 Å². The second kappa shape index (κ2) is 56.7. The van der Waals surface area contributed by atoms with Crippen LogP contribution in [0.15, 0.2) is 72.9 Å². The van der Waals surface area contributed by atoms with Crippen LogP contribution in [-0.4, -0.2) is 37.9 Å². The SMILES string of the molecule is CCCCC/C=C\C/C=C\C/C=C\CCCCCCC(=O)OC[C@H](COC(=O)CCC/C=C\C/C=C\C/C=C\CCCCCCCC)OCCCCCCCCCCCCCCCCCC. The van der Waals surface area contributed by atoms with Crippen molar-refractivity contribution < 1.29 is 23.8 Å². The van der Waals surface area contributed by atoms with Crippen molar-refractivity contribution in [1.82, 2.24) is 0 Å². The zero-order chi connectivity index (χ0) is 47.7. The lowest BCUT2D eigenvalue weighted by atomic mass is 10.0. The predicted molar refractivity (Wildman–Crippen MR) is 288 cm³/mol. The van der Waals surface area contributed by atoms with Crippen molar-refractivity contribution in [1.29, 1.82) is 0 Å². The highest BCUT2D eigenvalue weighted by molar-refractivity contribution is 5.69. The molecule has 0 spiro atoms. The summed E-state index contributed by atoms with van der Waals surface area (Å²) in [6.45, 7) is 7.64. The number of carbonyl (C=O) groups excluding carboxylic acids is 2. The predicted octanol–water partition coefficient (Wildman–Crippen LogP) is 19.5. The summed E-state index contributed by atoms with van der Waals surface area (Å²) in [5, 5.41) is 0. The molecule has 5 nitrogen and oxygen atoms in total. The first-order valence-electron chi connectivity index (χ1n) is 28.5. The summed E-state index contributed by atoms with van der Waals surface area (Å²) < 4.78 is 17.4. The Labute approximate surface area is 410 Å². The van der Waals surface area contributed by atoms with E-state index in [9.17, 15) is 9.59 Å². The summed E-state index contributed by atoms with van der Waals surface area (Å²) in [5.41, 5.74) is 0. The van der Waals surface area contributed by atoms with E-state index < -0.39 is 6.10 Å². The van der Waals surface area contributed by atoms with E-state index in [0.29, 0.717) is 19.4 Å². The highest BCUT2D eigenvalue weighted by atomic mass is 16.6. The molecule has 0 saturated carbocycles. The first-order valence-corrected chi connectivity index (χ1v) is 28.5. The van der Waals surface area contributed by atoms with Crippen LogP contribution in [0.25, 0.3) is 0 Å². The molecule has 0 amide bonds. The highest BCUT2D eigenvalue weighted by Crippen LogP contribution is 2.15. The highest BCUT2D eigenvalue weighted by Gasteiger charge is 2.16. The smallest absolute Gasteiger partial charge is 0.305 e. The topological polar surface area (TPSA) is 61.8 Å². The molecule has 0 N–H and O–H groups in total. The second-order valence-corrected chi connectivity index (χ2v) is 18.8. The zero-order valence-corrected chi connectivity index (χ0v) is 44.0. The molecule has 0 aliphatic rings. The third-order valence-corrected chi connectivity index (χ3v) is 12.3. The van der Waals surface area contributed by atoms with Gasteiger partial charge < -0.3 is 14.2 Å². The van der Waals surface area contributed by atoms with Gasteiger partial charge in [-0.3, -0.25) is 9.59 Å². The fraction of sp³-hybridized carbons (Fsp3) is 0.770. The van der Waals surface area contributed by atoms with Crippen LogP contribution in [0.1, 0.15) is 278 Å². The van der Waals surface area contributed by atoms with Crippen molar-refractivity contribution in [3.63, 3.8) is 0 Å². The van der Waals surface area contributed by atoms with Crippen LogP contribution in [0.4, 0.5) is 0 Å². The van der Waals surface area contributed by atoms with Crippen LogP contribution in [0.2, 0.25) is 0 Å². The van der Waals surface area contributed by atoms with Gasteiger partial charge in [0.15, 0.2) is 0 Å². The summed E-state index contributed by atoms with van der Waals surface area (Å²) in [6, 6.07) is 0. The van der Waals surface area contributed by atoms with Crippen LogP contribution >= 0.6 is 0 Å². The average Bonchev–Trinajstić information content (AvgIpc) is 3.32. The Bertz CT molecular complexity index is 1180. The first-order chi connectivity index (χ1) is 32.6. The molecule has 5 heteroatoms. The minimum Gasteiger partial charge on any atom is -0.463 e. The number of hydrogen-bond acceptors (Lipinski definition) is 5. The molecule has 1 atom stereocenters. The van der Waals surface area contributed by atoms with Gasteiger partial charge >= 0.3 is 11.9 Å². The Morgan fingerprint density at radius 2 is 0.591 bits per heavy atom. The molecule has 0 saturated heterocycles. The maximum Gasteiger partial charge on any atom is 0.305 e. The molecule has 0 radical (unpaired) electrons. The van der Waals surface area contributed by atoms with Gasteiger partial charge in [-0.15, -0.1) is 0 Å². The molecule has 0 aromatic rings. The number of unbranched alkanes of at least 4 members (excludes halogenated alkanes) is 29. The number of hydrogen-bond donors (Lipinski definition) is 0. The van der Waals surface area contributed by atoms with Crippen LogP contribution < -0.4 is 0 Å². The van der Waals surface area contributed by atoms with Gasteiger partial charge in [0.2, 0.25) is 0 Å². The fourth-order valence-corrected chi connectivity index (χ4v) is 7.92. The molecule has 0 aliphatic carbocycles. The van der Waals surface area contributed by atoms with Crippen molar-refractivity contribution in [2.45, 2.75) is 284 Å². The molecular weight excluding hydrogens is 813 g/mol. The number of carbonyl (C=O) groups is 2. The minimum absolute atomic E-state index is 0.124. The number of ether oxygens (including phenoxy) is 3. The zero-order valence-electron chi connectivity index (χ0n) is 44.0. The summed E-state index contributed by atoms with van der Waals surface area (Å²) >= 11 is 0. The maximum atomic E-state index is 12.6. The lowest BCUT2D eigenvalue weighted by molar-refractivity contribution is -0.155. The number of allylic oxidation sites excluding steroid dienone is 12. The fourth-order valence-electron chi connectivity index (χ4n) is 7.92. The Morgan fingerprint density at radius 3 is 0.985 bits per heavy atom. The molecule has 0 unspecified atom stereocenters. The second-order valence-electron chi connectivity index (χ2n) is 18.8.